The smallest absolute Gasteiger partial charge is 0.192 e. The summed E-state index contributed by atoms with van der Waals surface area (Å²) in [6.07, 6.45) is 3.22. The number of pyridine rings is 1. The van der Waals surface area contributed by atoms with Crippen LogP contribution in [-0.2, 0) is 0 Å². The molecule has 0 unspecified atom stereocenters. The summed E-state index contributed by atoms with van der Waals surface area (Å²) in [6.45, 7) is 3.82. The average molecular weight is 275 g/mol. The molecule has 0 spiro atoms. The Hall–Kier alpha value is -2.15. The van der Waals surface area contributed by atoms with Gasteiger partial charge in [-0.1, -0.05) is 5.16 Å². The topological polar surface area (TPSA) is 97.3 Å². The van der Waals surface area contributed by atoms with Crippen molar-refractivity contribution in [2.75, 3.05) is 0 Å². The monoisotopic (exact) mass is 275 g/mol. The first kappa shape index (κ1) is 13.3. The van der Waals surface area contributed by atoms with Gasteiger partial charge in [0, 0.05) is 34.2 Å². The maximum absolute atomic E-state index is 8.77. The summed E-state index contributed by atoms with van der Waals surface area (Å²) in [6, 6.07) is 3.58. The molecule has 0 aliphatic carbocycles. The molecular weight excluding hydrogens is 262 g/mol. The zero-order valence-corrected chi connectivity index (χ0v) is 11.3. The standard InChI is InChI=1S/C12H13N5OS/c1-7-5-8(2)16-12(15-7)19-10-6-14-4-3-9(10)11(13)17-18/h3-6,18H,1-2H3,(H2,13,17). The third-order valence-corrected chi connectivity index (χ3v) is 3.24. The van der Waals surface area contributed by atoms with Gasteiger partial charge in [-0.25, -0.2) is 9.97 Å². The molecule has 0 bridgehead atoms. The zero-order chi connectivity index (χ0) is 13.8. The van der Waals surface area contributed by atoms with Gasteiger partial charge in [0.25, 0.3) is 0 Å². The molecule has 19 heavy (non-hydrogen) atoms. The van der Waals surface area contributed by atoms with E-state index in [2.05, 4.69) is 20.1 Å². The number of rotatable bonds is 3. The minimum atomic E-state index is 0.0364. The van der Waals surface area contributed by atoms with Crippen molar-refractivity contribution >= 4 is 17.6 Å². The summed E-state index contributed by atoms with van der Waals surface area (Å²) >= 11 is 1.33. The molecule has 3 N–H and O–H groups in total. The quantitative estimate of drug-likeness (QED) is 0.291. The molecule has 2 aromatic heterocycles. The van der Waals surface area contributed by atoms with Crippen molar-refractivity contribution in [2.45, 2.75) is 23.9 Å². The van der Waals surface area contributed by atoms with Crippen LogP contribution in [0.25, 0.3) is 0 Å². The minimum absolute atomic E-state index is 0.0364. The van der Waals surface area contributed by atoms with Gasteiger partial charge in [0.15, 0.2) is 11.0 Å². The van der Waals surface area contributed by atoms with Crippen LogP contribution in [0.15, 0.2) is 39.7 Å². The number of hydrogen-bond donors (Lipinski definition) is 2. The molecule has 0 amide bonds. The Morgan fingerprint density at radius 2 is 2.00 bits per heavy atom. The maximum Gasteiger partial charge on any atom is 0.192 e. The van der Waals surface area contributed by atoms with E-state index in [0.29, 0.717) is 10.7 Å². The Labute approximate surface area is 114 Å². The molecular formula is C12H13N5OS. The fraction of sp³-hybridized carbons (Fsp3) is 0.167. The number of oxime groups is 1. The first-order valence-electron chi connectivity index (χ1n) is 5.52. The van der Waals surface area contributed by atoms with Gasteiger partial charge in [-0.2, -0.15) is 0 Å². The highest BCUT2D eigenvalue weighted by molar-refractivity contribution is 7.99. The lowest BCUT2D eigenvalue weighted by Gasteiger charge is -2.07. The molecule has 2 aromatic rings. The van der Waals surface area contributed by atoms with Crippen molar-refractivity contribution < 1.29 is 5.21 Å². The predicted octanol–water partition coefficient (Wildman–Crippen LogP) is 1.73. The summed E-state index contributed by atoms with van der Waals surface area (Å²) in [4.78, 5) is 13.4. The van der Waals surface area contributed by atoms with E-state index >= 15 is 0 Å². The Morgan fingerprint density at radius 1 is 1.32 bits per heavy atom. The molecule has 0 aliphatic rings. The highest BCUT2D eigenvalue weighted by atomic mass is 32.2. The molecule has 0 saturated carbocycles. The summed E-state index contributed by atoms with van der Waals surface area (Å²) in [5, 5.41) is 12.4. The first-order chi connectivity index (χ1) is 9.10. The lowest BCUT2D eigenvalue weighted by atomic mass is 10.2. The van der Waals surface area contributed by atoms with Gasteiger partial charge in [-0.15, -0.1) is 0 Å². The van der Waals surface area contributed by atoms with Crippen LogP contribution < -0.4 is 5.73 Å². The number of aryl methyl sites for hydroxylation is 2. The third-order valence-electron chi connectivity index (χ3n) is 2.33. The Bertz CT molecular complexity index is 609. The van der Waals surface area contributed by atoms with E-state index in [-0.39, 0.29) is 5.84 Å². The lowest BCUT2D eigenvalue weighted by Crippen LogP contribution is -2.14. The van der Waals surface area contributed by atoms with E-state index in [0.717, 1.165) is 16.3 Å². The van der Waals surface area contributed by atoms with Gasteiger partial charge >= 0.3 is 0 Å². The summed E-state index contributed by atoms with van der Waals surface area (Å²) in [5.74, 6) is 0.0364. The van der Waals surface area contributed by atoms with Gasteiger partial charge in [-0.05, 0) is 37.7 Å². The Morgan fingerprint density at radius 3 is 2.63 bits per heavy atom. The molecule has 7 heteroatoms. The van der Waals surface area contributed by atoms with Gasteiger partial charge in [0.05, 0.1) is 0 Å². The van der Waals surface area contributed by atoms with Gasteiger partial charge in [0.1, 0.15) is 0 Å². The predicted molar refractivity (Wildman–Crippen MR) is 72.4 cm³/mol. The van der Waals surface area contributed by atoms with Crippen LogP contribution in [0.2, 0.25) is 0 Å². The van der Waals surface area contributed by atoms with Crippen LogP contribution >= 0.6 is 11.8 Å². The number of hydrogen-bond acceptors (Lipinski definition) is 6. The fourth-order valence-electron chi connectivity index (χ4n) is 1.56. The molecule has 0 aromatic carbocycles. The van der Waals surface area contributed by atoms with E-state index in [9.17, 15) is 0 Å². The van der Waals surface area contributed by atoms with Gasteiger partial charge < -0.3 is 10.9 Å². The van der Waals surface area contributed by atoms with Crippen LogP contribution in [0.4, 0.5) is 0 Å². The Balaban J connectivity index is 2.38. The average Bonchev–Trinajstić information content (AvgIpc) is 2.37. The third kappa shape index (κ3) is 3.19. The lowest BCUT2D eigenvalue weighted by molar-refractivity contribution is 0.318. The second-order valence-electron chi connectivity index (χ2n) is 3.89. The summed E-state index contributed by atoms with van der Waals surface area (Å²) < 4.78 is 0. The highest BCUT2D eigenvalue weighted by Crippen LogP contribution is 2.27. The number of nitrogens with two attached hydrogens (primary N) is 1. The van der Waals surface area contributed by atoms with E-state index in [1.807, 2.05) is 19.9 Å². The maximum atomic E-state index is 8.77. The molecule has 2 heterocycles. The zero-order valence-electron chi connectivity index (χ0n) is 10.5. The van der Waals surface area contributed by atoms with Crippen molar-refractivity contribution in [3.63, 3.8) is 0 Å². The molecule has 0 fully saturated rings. The van der Waals surface area contributed by atoms with Crippen molar-refractivity contribution in [1.29, 1.82) is 0 Å². The van der Waals surface area contributed by atoms with E-state index in [1.54, 1.807) is 18.5 Å². The molecule has 2 rings (SSSR count). The molecule has 0 aliphatic heterocycles. The van der Waals surface area contributed by atoms with E-state index in [1.165, 1.54) is 11.8 Å². The van der Waals surface area contributed by atoms with Crippen LogP contribution in [0, 0.1) is 13.8 Å². The van der Waals surface area contributed by atoms with Crippen LogP contribution in [-0.4, -0.2) is 26.0 Å². The summed E-state index contributed by atoms with van der Waals surface area (Å²) in [5.41, 5.74) is 8.01. The number of amidine groups is 1. The number of aromatic nitrogens is 3. The minimum Gasteiger partial charge on any atom is -0.409 e. The first-order valence-corrected chi connectivity index (χ1v) is 6.34. The second-order valence-corrected chi connectivity index (χ2v) is 4.90. The molecule has 0 radical (unpaired) electrons. The molecule has 0 saturated heterocycles. The summed E-state index contributed by atoms with van der Waals surface area (Å²) in [7, 11) is 0. The van der Waals surface area contributed by atoms with Crippen LogP contribution in [0.5, 0.6) is 0 Å². The van der Waals surface area contributed by atoms with E-state index in [4.69, 9.17) is 10.9 Å². The van der Waals surface area contributed by atoms with Crippen LogP contribution in [0.3, 0.4) is 0 Å². The van der Waals surface area contributed by atoms with Gasteiger partial charge in [0.2, 0.25) is 0 Å². The van der Waals surface area contributed by atoms with Crippen molar-refractivity contribution in [3.05, 3.63) is 41.5 Å². The molecule has 6 nitrogen and oxygen atoms in total. The van der Waals surface area contributed by atoms with E-state index < -0.39 is 0 Å². The van der Waals surface area contributed by atoms with Crippen molar-refractivity contribution in [1.82, 2.24) is 15.0 Å². The second kappa shape index (κ2) is 5.66. The fourth-order valence-corrected chi connectivity index (χ4v) is 2.54. The Kier molecular flexibility index (Phi) is 3.96. The van der Waals surface area contributed by atoms with Crippen LogP contribution in [0.1, 0.15) is 17.0 Å². The highest BCUT2D eigenvalue weighted by Gasteiger charge is 2.10. The SMILES string of the molecule is Cc1cc(C)nc(Sc2cnccc2/C(N)=N/O)n1. The van der Waals surface area contributed by atoms with Crippen molar-refractivity contribution in [3.8, 4) is 0 Å². The van der Waals surface area contributed by atoms with Gasteiger partial charge in [-0.3, -0.25) is 4.98 Å². The number of nitrogens with zero attached hydrogens (tertiary/aromatic N) is 4. The molecule has 98 valence electrons. The van der Waals surface area contributed by atoms with Crippen molar-refractivity contribution in [2.24, 2.45) is 10.9 Å². The molecule has 0 atom stereocenters. The normalized spacial score (nSPS) is 11.6. The largest absolute Gasteiger partial charge is 0.409 e.